The Bertz CT molecular complexity index is 671. The maximum atomic E-state index is 12.0. The van der Waals surface area contributed by atoms with E-state index in [1.54, 1.807) is 0 Å². The highest BCUT2D eigenvalue weighted by Crippen LogP contribution is 2.31. The third kappa shape index (κ3) is 4.34. The number of nitrogens with zero attached hydrogens (tertiary/aromatic N) is 1. The van der Waals surface area contributed by atoms with Gasteiger partial charge in [0, 0.05) is 6.20 Å². The standard InChI is InChI=1S/C15H23BrN2O6/c1-7(2)22-6-10-12(23-8(3)4)11(19)14(24-10)18-5-9(16)13(20)17-15(18)21/h5,7-8,10-12,14,19H,6H2,1-4H3,(H,17,20,21)/t10-,11+,12?,14-/m1/s1. The van der Waals surface area contributed by atoms with E-state index < -0.39 is 35.8 Å². The van der Waals surface area contributed by atoms with Crippen molar-refractivity contribution < 1.29 is 19.3 Å². The number of halogens is 1. The van der Waals surface area contributed by atoms with Gasteiger partial charge in [-0.15, -0.1) is 0 Å². The van der Waals surface area contributed by atoms with E-state index in [1.807, 2.05) is 27.7 Å². The number of hydrogen-bond acceptors (Lipinski definition) is 6. The van der Waals surface area contributed by atoms with Crippen molar-refractivity contribution >= 4 is 15.9 Å². The fourth-order valence-electron chi connectivity index (χ4n) is 2.50. The zero-order chi connectivity index (χ0) is 18.0. The molecule has 1 fully saturated rings. The van der Waals surface area contributed by atoms with Gasteiger partial charge >= 0.3 is 5.69 Å². The van der Waals surface area contributed by atoms with Crippen molar-refractivity contribution in [3.63, 3.8) is 0 Å². The van der Waals surface area contributed by atoms with Gasteiger partial charge in [-0.1, -0.05) is 0 Å². The van der Waals surface area contributed by atoms with Crippen molar-refractivity contribution in [3.05, 3.63) is 31.5 Å². The molecule has 1 unspecified atom stereocenters. The largest absolute Gasteiger partial charge is 0.386 e. The molecule has 0 spiro atoms. The van der Waals surface area contributed by atoms with Crippen LogP contribution in [0.5, 0.6) is 0 Å². The lowest BCUT2D eigenvalue weighted by Gasteiger charge is -2.23. The number of H-pyrrole nitrogens is 1. The van der Waals surface area contributed by atoms with Gasteiger partial charge in [0.25, 0.3) is 5.56 Å². The molecule has 1 aromatic rings. The predicted octanol–water partition coefficient (Wildman–Crippen LogP) is 0.776. The van der Waals surface area contributed by atoms with Gasteiger partial charge in [-0.25, -0.2) is 4.79 Å². The first-order chi connectivity index (χ1) is 11.2. The lowest BCUT2D eigenvalue weighted by atomic mass is 10.1. The van der Waals surface area contributed by atoms with Gasteiger partial charge in [-0.3, -0.25) is 14.3 Å². The molecule has 1 saturated heterocycles. The second-order valence-corrected chi connectivity index (χ2v) is 7.09. The van der Waals surface area contributed by atoms with Crippen LogP contribution in [0.4, 0.5) is 0 Å². The summed E-state index contributed by atoms with van der Waals surface area (Å²) in [5.41, 5.74) is -1.21. The van der Waals surface area contributed by atoms with Crippen LogP contribution < -0.4 is 11.2 Å². The van der Waals surface area contributed by atoms with E-state index in [2.05, 4.69) is 20.9 Å². The molecule has 8 nitrogen and oxygen atoms in total. The van der Waals surface area contributed by atoms with E-state index >= 15 is 0 Å². The lowest BCUT2D eigenvalue weighted by molar-refractivity contribution is -0.0979. The molecule has 1 aliphatic heterocycles. The number of aliphatic hydroxyl groups excluding tert-OH is 1. The first kappa shape index (κ1) is 19.3. The van der Waals surface area contributed by atoms with Gasteiger partial charge in [-0.2, -0.15) is 0 Å². The summed E-state index contributed by atoms with van der Waals surface area (Å²) >= 11 is 3.07. The zero-order valence-electron chi connectivity index (χ0n) is 14.1. The molecular weight excluding hydrogens is 384 g/mol. The summed E-state index contributed by atoms with van der Waals surface area (Å²) in [6.07, 6.45) is -2.08. The number of aromatic amines is 1. The molecule has 0 aliphatic carbocycles. The minimum absolute atomic E-state index is 0.00515. The van der Waals surface area contributed by atoms with Gasteiger partial charge in [-0.05, 0) is 43.6 Å². The summed E-state index contributed by atoms with van der Waals surface area (Å²) in [7, 11) is 0. The number of hydrogen-bond donors (Lipinski definition) is 2. The quantitative estimate of drug-likeness (QED) is 0.723. The van der Waals surface area contributed by atoms with Crippen molar-refractivity contribution in [2.75, 3.05) is 6.61 Å². The van der Waals surface area contributed by atoms with Crippen LogP contribution in [0.3, 0.4) is 0 Å². The zero-order valence-corrected chi connectivity index (χ0v) is 15.6. The first-order valence-corrected chi connectivity index (χ1v) is 8.61. The van der Waals surface area contributed by atoms with Gasteiger partial charge in [0.2, 0.25) is 0 Å². The Balaban J connectivity index is 2.30. The lowest BCUT2D eigenvalue weighted by Crippen LogP contribution is -2.40. The number of nitrogens with one attached hydrogen (secondary N) is 1. The van der Waals surface area contributed by atoms with Crippen LogP contribution in [0.15, 0.2) is 20.3 Å². The van der Waals surface area contributed by atoms with Crippen LogP contribution in [0.2, 0.25) is 0 Å². The molecule has 0 saturated carbocycles. The molecule has 2 N–H and O–H groups in total. The van der Waals surface area contributed by atoms with Crippen molar-refractivity contribution in [1.29, 1.82) is 0 Å². The van der Waals surface area contributed by atoms with Crippen LogP contribution >= 0.6 is 15.9 Å². The monoisotopic (exact) mass is 406 g/mol. The fraction of sp³-hybridized carbons (Fsp3) is 0.733. The molecule has 24 heavy (non-hydrogen) atoms. The maximum absolute atomic E-state index is 12.0. The molecule has 4 atom stereocenters. The second-order valence-electron chi connectivity index (χ2n) is 6.23. The summed E-state index contributed by atoms with van der Waals surface area (Å²) in [5.74, 6) is 0. The normalized spacial score (nSPS) is 27.3. The van der Waals surface area contributed by atoms with Crippen molar-refractivity contribution in [2.24, 2.45) is 0 Å². The third-order valence-corrected chi connectivity index (χ3v) is 4.10. The molecule has 2 heterocycles. The Hall–Kier alpha value is -1.00. The molecule has 0 amide bonds. The SMILES string of the molecule is CC(C)OC[C@H]1O[C@@H](n2cc(Br)c(=O)[nH]c2=O)[C@@H](O)C1OC(C)C. The Morgan fingerprint density at radius 3 is 2.58 bits per heavy atom. The second kappa shape index (κ2) is 7.92. The summed E-state index contributed by atoms with van der Waals surface area (Å²) in [5, 5.41) is 10.6. The highest BCUT2D eigenvalue weighted by atomic mass is 79.9. The molecule has 1 aromatic heterocycles. The van der Waals surface area contributed by atoms with Gasteiger partial charge in [0.15, 0.2) is 6.23 Å². The molecule has 136 valence electrons. The summed E-state index contributed by atoms with van der Waals surface area (Å²) in [6, 6.07) is 0. The summed E-state index contributed by atoms with van der Waals surface area (Å²) in [4.78, 5) is 25.7. The Labute approximate surface area is 147 Å². The average molecular weight is 407 g/mol. The minimum Gasteiger partial charge on any atom is -0.386 e. The van der Waals surface area contributed by atoms with Gasteiger partial charge in [0.1, 0.15) is 18.3 Å². The Kier molecular flexibility index (Phi) is 6.38. The van der Waals surface area contributed by atoms with E-state index in [4.69, 9.17) is 14.2 Å². The summed E-state index contributed by atoms with van der Waals surface area (Å²) in [6.45, 7) is 7.71. The van der Waals surface area contributed by atoms with E-state index in [0.29, 0.717) is 0 Å². The van der Waals surface area contributed by atoms with E-state index in [0.717, 1.165) is 4.57 Å². The topological polar surface area (TPSA) is 103 Å². The molecule has 2 rings (SSSR count). The van der Waals surface area contributed by atoms with Crippen molar-refractivity contribution in [3.8, 4) is 0 Å². The third-order valence-electron chi connectivity index (χ3n) is 3.53. The van der Waals surface area contributed by atoms with E-state index in [-0.39, 0.29) is 23.3 Å². The average Bonchev–Trinajstić information content (AvgIpc) is 2.77. The predicted molar refractivity (Wildman–Crippen MR) is 90.0 cm³/mol. The molecular formula is C15H23BrN2O6. The van der Waals surface area contributed by atoms with Crippen LogP contribution in [0.1, 0.15) is 33.9 Å². The van der Waals surface area contributed by atoms with Crippen LogP contribution in [0, 0.1) is 0 Å². The molecule has 0 radical (unpaired) electrons. The number of aliphatic hydroxyl groups is 1. The summed E-state index contributed by atoms with van der Waals surface area (Å²) < 4.78 is 18.5. The van der Waals surface area contributed by atoms with Crippen LogP contribution in [-0.4, -0.2) is 51.8 Å². The smallest absolute Gasteiger partial charge is 0.330 e. The van der Waals surface area contributed by atoms with Gasteiger partial charge in [0.05, 0.1) is 23.3 Å². The molecule has 0 aromatic carbocycles. The Morgan fingerprint density at radius 2 is 2.00 bits per heavy atom. The first-order valence-electron chi connectivity index (χ1n) is 7.82. The minimum atomic E-state index is -1.08. The highest BCUT2D eigenvalue weighted by Gasteiger charge is 2.46. The van der Waals surface area contributed by atoms with E-state index in [1.165, 1.54) is 6.20 Å². The Morgan fingerprint density at radius 1 is 1.33 bits per heavy atom. The number of ether oxygens (including phenoxy) is 3. The maximum Gasteiger partial charge on any atom is 0.330 e. The molecule has 1 aliphatic rings. The van der Waals surface area contributed by atoms with Crippen LogP contribution in [-0.2, 0) is 14.2 Å². The van der Waals surface area contributed by atoms with E-state index in [9.17, 15) is 14.7 Å². The van der Waals surface area contributed by atoms with Crippen molar-refractivity contribution in [2.45, 2.75) is 64.4 Å². The molecule has 0 bridgehead atoms. The van der Waals surface area contributed by atoms with Crippen LogP contribution in [0.25, 0.3) is 0 Å². The van der Waals surface area contributed by atoms with Crippen molar-refractivity contribution in [1.82, 2.24) is 9.55 Å². The van der Waals surface area contributed by atoms with Gasteiger partial charge < -0.3 is 19.3 Å². The molecule has 9 heteroatoms. The number of aromatic nitrogens is 2. The highest BCUT2D eigenvalue weighted by molar-refractivity contribution is 9.10. The number of rotatable bonds is 6. The fourth-order valence-corrected chi connectivity index (χ4v) is 2.82.